The highest BCUT2D eigenvalue weighted by atomic mass is 16.5. The molecule has 0 radical (unpaired) electrons. The van der Waals surface area contributed by atoms with Crippen LogP contribution in [0.25, 0.3) is 6.08 Å². The molecule has 0 bridgehead atoms. The fourth-order valence-corrected chi connectivity index (χ4v) is 0.800. The first-order chi connectivity index (χ1) is 6.63. The fourth-order valence-electron chi connectivity index (χ4n) is 0.800. The van der Waals surface area contributed by atoms with Crippen molar-refractivity contribution in [2.75, 3.05) is 7.11 Å². The van der Waals surface area contributed by atoms with Crippen LogP contribution in [0.1, 0.15) is 5.76 Å². The van der Waals surface area contributed by atoms with Crippen molar-refractivity contribution in [2.24, 2.45) is 0 Å². The molecule has 0 aliphatic heterocycles. The number of hydrogen-bond acceptors (Lipinski definition) is 5. The van der Waals surface area contributed by atoms with E-state index in [0.717, 1.165) is 24.5 Å². The van der Waals surface area contributed by atoms with Gasteiger partial charge in [-0.3, -0.25) is 4.79 Å². The van der Waals surface area contributed by atoms with Crippen molar-refractivity contribution in [3.8, 4) is 5.75 Å². The minimum Gasteiger partial charge on any atom is -0.545 e. The summed E-state index contributed by atoms with van der Waals surface area (Å²) in [5.41, 5.74) is -0.378. The Balaban J connectivity index is 2.98. The Hall–Kier alpha value is -2.04. The van der Waals surface area contributed by atoms with Gasteiger partial charge in [0.1, 0.15) is 12.0 Å². The maximum absolute atomic E-state index is 11.1. The van der Waals surface area contributed by atoms with Crippen LogP contribution in [0.4, 0.5) is 0 Å². The second-order valence-corrected chi connectivity index (χ2v) is 2.37. The predicted octanol–water partition coefficient (Wildman–Crippen LogP) is -0.588. The van der Waals surface area contributed by atoms with Crippen molar-refractivity contribution >= 4 is 12.0 Å². The van der Waals surface area contributed by atoms with Crippen molar-refractivity contribution < 1.29 is 19.1 Å². The number of carboxylic acid groups (broad SMARTS) is 1. The van der Waals surface area contributed by atoms with Gasteiger partial charge in [0, 0.05) is 6.07 Å². The highest BCUT2D eigenvalue weighted by Crippen LogP contribution is 2.05. The Morgan fingerprint density at radius 1 is 1.64 bits per heavy atom. The van der Waals surface area contributed by atoms with Crippen LogP contribution in [0.3, 0.4) is 0 Å². The molecule has 1 aromatic rings. The summed E-state index contributed by atoms with van der Waals surface area (Å²) >= 11 is 0. The largest absolute Gasteiger partial charge is 0.545 e. The smallest absolute Gasteiger partial charge is 0.227 e. The molecule has 0 fully saturated rings. The average molecular weight is 195 g/mol. The number of aliphatic carboxylic acids is 1. The van der Waals surface area contributed by atoms with Crippen molar-refractivity contribution in [3.63, 3.8) is 0 Å². The van der Waals surface area contributed by atoms with Gasteiger partial charge in [-0.25, -0.2) is 0 Å². The molecule has 5 heteroatoms. The van der Waals surface area contributed by atoms with Gasteiger partial charge in [0.05, 0.1) is 13.1 Å². The molecular weight excluding hydrogens is 188 g/mol. The summed E-state index contributed by atoms with van der Waals surface area (Å²) in [6.07, 6.45) is 3.00. The van der Waals surface area contributed by atoms with E-state index >= 15 is 0 Å². The molecular formula is C9H7O5-. The molecule has 0 aliphatic rings. The van der Waals surface area contributed by atoms with Crippen molar-refractivity contribution in [1.29, 1.82) is 0 Å². The van der Waals surface area contributed by atoms with Crippen molar-refractivity contribution in [1.82, 2.24) is 0 Å². The Morgan fingerprint density at radius 3 is 2.86 bits per heavy atom. The van der Waals surface area contributed by atoms with Gasteiger partial charge in [-0.2, -0.15) is 0 Å². The van der Waals surface area contributed by atoms with Crippen LogP contribution < -0.4 is 15.3 Å². The number of carboxylic acids is 1. The summed E-state index contributed by atoms with van der Waals surface area (Å²) in [5.74, 6) is -1.17. The minimum atomic E-state index is -1.36. The quantitative estimate of drug-likeness (QED) is 0.602. The van der Waals surface area contributed by atoms with Crippen LogP contribution in [0.2, 0.25) is 0 Å². The zero-order valence-corrected chi connectivity index (χ0v) is 7.35. The van der Waals surface area contributed by atoms with E-state index in [1.54, 1.807) is 0 Å². The lowest BCUT2D eigenvalue weighted by atomic mass is 10.3. The molecule has 1 aromatic heterocycles. The minimum absolute atomic E-state index is 0.0654. The third kappa shape index (κ3) is 2.48. The van der Waals surface area contributed by atoms with Gasteiger partial charge >= 0.3 is 0 Å². The molecule has 0 aliphatic carbocycles. The molecule has 0 spiro atoms. The molecule has 0 saturated carbocycles. The first kappa shape index (κ1) is 10.0. The summed E-state index contributed by atoms with van der Waals surface area (Å²) in [6.45, 7) is 0. The van der Waals surface area contributed by atoms with E-state index in [9.17, 15) is 14.7 Å². The number of methoxy groups -OCH3 is 1. The Bertz CT molecular complexity index is 415. The zero-order chi connectivity index (χ0) is 10.6. The summed E-state index contributed by atoms with van der Waals surface area (Å²) in [4.78, 5) is 21.2. The molecule has 1 rings (SSSR count). The summed E-state index contributed by atoms with van der Waals surface area (Å²) < 4.78 is 9.54. The Labute approximate surface area is 79.2 Å². The SMILES string of the molecule is COc1coc(/C=C/C(=O)[O-])cc1=O. The maximum atomic E-state index is 11.1. The van der Waals surface area contributed by atoms with Crippen LogP contribution in [0.5, 0.6) is 5.75 Å². The Kier molecular flexibility index (Phi) is 3.06. The second-order valence-electron chi connectivity index (χ2n) is 2.37. The second kappa shape index (κ2) is 4.27. The lowest BCUT2D eigenvalue weighted by molar-refractivity contribution is -0.297. The molecule has 5 nitrogen and oxygen atoms in total. The van der Waals surface area contributed by atoms with Gasteiger partial charge in [-0.05, 0) is 12.2 Å². The lowest BCUT2D eigenvalue weighted by Gasteiger charge is -1.97. The van der Waals surface area contributed by atoms with Gasteiger partial charge in [0.25, 0.3) is 0 Å². The van der Waals surface area contributed by atoms with Gasteiger partial charge in [-0.15, -0.1) is 0 Å². The van der Waals surface area contributed by atoms with E-state index in [-0.39, 0.29) is 16.9 Å². The van der Waals surface area contributed by atoms with Crippen LogP contribution in [-0.4, -0.2) is 13.1 Å². The number of carbonyl (C=O) groups excluding carboxylic acids is 1. The number of hydrogen-bond donors (Lipinski definition) is 0. The maximum Gasteiger partial charge on any atom is 0.227 e. The molecule has 0 saturated heterocycles. The van der Waals surface area contributed by atoms with E-state index in [2.05, 4.69) is 4.74 Å². The molecule has 74 valence electrons. The van der Waals surface area contributed by atoms with Gasteiger partial charge in [0.15, 0.2) is 0 Å². The normalized spacial score (nSPS) is 10.4. The average Bonchev–Trinajstić information content (AvgIpc) is 2.15. The lowest BCUT2D eigenvalue weighted by Crippen LogP contribution is -2.18. The van der Waals surface area contributed by atoms with E-state index in [4.69, 9.17) is 4.42 Å². The Morgan fingerprint density at radius 2 is 2.36 bits per heavy atom. The third-order valence-corrected chi connectivity index (χ3v) is 1.42. The first-order valence-corrected chi connectivity index (χ1v) is 3.69. The van der Waals surface area contributed by atoms with E-state index in [1.807, 2.05) is 0 Å². The molecule has 1 heterocycles. The first-order valence-electron chi connectivity index (χ1n) is 3.69. The van der Waals surface area contributed by atoms with Gasteiger partial charge < -0.3 is 19.1 Å². The highest BCUT2D eigenvalue weighted by molar-refractivity contribution is 5.82. The van der Waals surface area contributed by atoms with Gasteiger partial charge in [-0.1, -0.05) is 0 Å². The predicted molar refractivity (Wildman–Crippen MR) is 45.6 cm³/mol. The summed E-state index contributed by atoms with van der Waals surface area (Å²) in [5, 5.41) is 10.0. The van der Waals surface area contributed by atoms with E-state index < -0.39 is 5.97 Å². The molecule has 14 heavy (non-hydrogen) atoms. The van der Waals surface area contributed by atoms with Crippen molar-refractivity contribution in [2.45, 2.75) is 0 Å². The number of ether oxygens (including phenoxy) is 1. The highest BCUT2D eigenvalue weighted by Gasteiger charge is 1.99. The molecule has 0 aromatic carbocycles. The van der Waals surface area contributed by atoms with Crippen LogP contribution in [0.15, 0.2) is 27.6 Å². The summed E-state index contributed by atoms with van der Waals surface area (Å²) in [7, 11) is 1.34. The van der Waals surface area contributed by atoms with Crippen molar-refractivity contribution in [3.05, 3.63) is 34.4 Å². The van der Waals surface area contributed by atoms with E-state index in [1.165, 1.54) is 7.11 Å². The molecule has 0 unspecified atom stereocenters. The number of rotatable bonds is 3. The molecule has 0 amide bonds. The molecule has 0 N–H and O–H groups in total. The monoisotopic (exact) mass is 195 g/mol. The third-order valence-electron chi connectivity index (χ3n) is 1.42. The van der Waals surface area contributed by atoms with Crippen LogP contribution >= 0.6 is 0 Å². The zero-order valence-electron chi connectivity index (χ0n) is 7.35. The van der Waals surface area contributed by atoms with Crippen LogP contribution in [0, 0.1) is 0 Å². The van der Waals surface area contributed by atoms with E-state index in [0.29, 0.717) is 0 Å². The summed E-state index contributed by atoms with van der Waals surface area (Å²) in [6, 6.07) is 1.12. The van der Waals surface area contributed by atoms with Crippen LogP contribution in [-0.2, 0) is 4.79 Å². The topological polar surface area (TPSA) is 79.6 Å². The standard InChI is InChI=1S/C9H8O5/c1-13-8-5-14-6(4-7(8)10)2-3-9(11)12/h2-5H,1H3,(H,11,12)/p-1/b3-2+. The fraction of sp³-hybridized carbons (Fsp3) is 0.111. The van der Waals surface area contributed by atoms with Gasteiger partial charge in [0.2, 0.25) is 11.2 Å². The number of carbonyl (C=O) groups is 1. The molecule has 0 atom stereocenters.